The van der Waals surface area contributed by atoms with Crippen molar-refractivity contribution in [2.75, 3.05) is 5.73 Å². The highest BCUT2D eigenvalue weighted by atomic mass is 19.1. The summed E-state index contributed by atoms with van der Waals surface area (Å²) in [6, 6.07) is 13.0. The minimum atomic E-state index is -0.699. The number of hydrogen-bond donors (Lipinski definition) is 1. The van der Waals surface area contributed by atoms with Crippen LogP contribution in [0.4, 0.5) is 14.5 Å². The minimum absolute atomic E-state index is 0.218. The molecule has 0 amide bonds. The summed E-state index contributed by atoms with van der Waals surface area (Å²) in [5.74, 6) is -1.40. The van der Waals surface area contributed by atoms with E-state index in [0.717, 1.165) is 11.6 Å². The fourth-order valence-electron chi connectivity index (χ4n) is 2.28. The van der Waals surface area contributed by atoms with E-state index in [0.29, 0.717) is 11.4 Å². The van der Waals surface area contributed by atoms with Crippen LogP contribution in [0.15, 0.2) is 59.4 Å². The van der Waals surface area contributed by atoms with Gasteiger partial charge in [0.2, 0.25) is 0 Å². The summed E-state index contributed by atoms with van der Waals surface area (Å²) in [5.41, 5.74) is 7.37. The Hall–Kier alpha value is -3.02. The Kier molecular flexibility index (Phi) is 9.57. The molecule has 28 heavy (non-hydrogen) atoms. The molecule has 0 bridgehead atoms. The minimum Gasteiger partial charge on any atom is -0.399 e. The van der Waals surface area contributed by atoms with E-state index in [9.17, 15) is 13.6 Å². The van der Waals surface area contributed by atoms with Gasteiger partial charge in [-0.05, 0) is 35.9 Å². The smallest absolute Gasteiger partial charge is 0.267 e. The number of benzene rings is 2. The van der Waals surface area contributed by atoms with E-state index in [4.69, 9.17) is 5.73 Å². The van der Waals surface area contributed by atoms with Gasteiger partial charge in [-0.1, -0.05) is 46.2 Å². The lowest BCUT2D eigenvalue weighted by atomic mass is 10.1. The van der Waals surface area contributed by atoms with Crippen LogP contribution < -0.4 is 11.3 Å². The zero-order valence-electron chi connectivity index (χ0n) is 16.7. The molecular formula is C22H27F2N3O. The fourth-order valence-corrected chi connectivity index (χ4v) is 2.28. The van der Waals surface area contributed by atoms with Crippen LogP contribution in [-0.2, 0) is 6.54 Å². The molecule has 0 unspecified atom stereocenters. The third kappa shape index (κ3) is 6.95. The summed E-state index contributed by atoms with van der Waals surface area (Å²) < 4.78 is 27.9. The van der Waals surface area contributed by atoms with Crippen molar-refractivity contribution in [2.24, 2.45) is 0 Å². The van der Waals surface area contributed by atoms with Gasteiger partial charge in [0.25, 0.3) is 5.56 Å². The maximum absolute atomic E-state index is 13.3. The number of nitrogens with zero attached hydrogens (tertiary/aromatic N) is 2. The summed E-state index contributed by atoms with van der Waals surface area (Å²) in [5, 5.41) is 4.18. The van der Waals surface area contributed by atoms with Gasteiger partial charge in [0, 0.05) is 23.4 Å². The summed E-state index contributed by atoms with van der Waals surface area (Å²) in [6.07, 6.45) is 1.25. The first-order valence-electron chi connectivity index (χ1n) is 9.32. The van der Waals surface area contributed by atoms with Crippen LogP contribution in [0.3, 0.4) is 0 Å². The third-order valence-electron chi connectivity index (χ3n) is 3.31. The van der Waals surface area contributed by atoms with Crippen molar-refractivity contribution < 1.29 is 8.78 Å². The monoisotopic (exact) mass is 387 g/mol. The predicted octanol–water partition coefficient (Wildman–Crippen LogP) is 5.26. The van der Waals surface area contributed by atoms with E-state index in [1.807, 2.05) is 19.9 Å². The van der Waals surface area contributed by atoms with Crippen LogP contribution >= 0.6 is 0 Å². The molecule has 0 saturated heterocycles. The number of aromatic nitrogens is 2. The SMILES string of the molecule is CC.CCC.Nc1cccc(Cn2nc(-c3cc(F)cc(F)c3)ccc2=O)c1. The molecule has 1 aromatic heterocycles. The largest absolute Gasteiger partial charge is 0.399 e. The van der Waals surface area contributed by atoms with Gasteiger partial charge in [-0.2, -0.15) is 5.10 Å². The molecule has 2 N–H and O–H groups in total. The topological polar surface area (TPSA) is 60.9 Å². The second kappa shape index (κ2) is 11.6. The lowest BCUT2D eigenvalue weighted by Gasteiger charge is -2.08. The van der Waals surface area contributed by atoms with Gasteiger partial charge >= 0.3 is 0 Å². The predicted molar refractivity (Wildman–Crippen MR) is 111 cm³/mol. The molecule has 0 aliphatic rings. The van der Waals surface area contributed by atoms with E-state index >= 15 is 0 Å². The Morgan fingerprint density at radius 2 is 1.57 bits per heavy atom. The molecule has 0 aliphatic carbocycles. The van der Waals surface area contributed by atoms with Gasteiger partial charge in [-0.25, -0.2) is 13.5 Å². The highest BCUT2D eigenvalue weighted by Gasteiger charge is 2.07. The molecule has 0 atom stereocenters. The molecule has 0 fully saturated rings. The molecule has 6 heteroatoms. The molecule has 0 spiro atoms. The number of halogens is 2. The number of rotatable bonds is 3. The average Bonchev–Trinajstić information content (AvgIpc) is 2.65. The van der Waals surface area contributed by atoms with Crippen molar-refractivity contribution in [2.45, 2.75) is 40.7 Å². The summed E-state index contributed by atoms with van der Waals surface area (Å²) >= 11 is 0. The quantitative estimate of drug-likeness (QED) is 0.624. The number of nitrogen functional groups attached to an aromatic ring is 1. The van der Waals surface area contributed by atoms with Gasteiger partial charge < -0.3 is 5.73 Å². The van der Waals surface area contributed by atoms with Crippen molar-refractivity contribution in [1.82, 2.24) is 9.78 Å². The van der Waals surface area contributed by atoms with Crippen LogP contribution in [0, 0.1) is 11.6 Å². The van der Waals surface area contributed by atoms with Crippen molar-refractivity contribution in [1.29, 1.82) is 0 Å². The van der Waals surface area contributed by atoms with E-state index in [1.54, 1.807) is 18.2 Å². The molecule has 0 radical (unpaired) electrons. The molecule has 0 aliphatic heterocycles. The Morgan fingerprint density at radius 1 is 0.964 bits per heavy atom. The molecule has 1 heterocycles. The lowest BCUT2D eigenvalue weighted by molar-refractivity contribution is 0.583. The Bertz CT molecular complexity index is 919. The van der Waals surface area contributed by atoms with Crippen molar-refractivity contribution in [3.05, 3.63) is 82.1 Å². The highest BCUT2D eigenvalue weighted by molar-refractivity contribution is 5.58. The molecule has 3 aromatic rings. The number of nitrogens with two attached hydrogens (primary N) is 1. The van der Waals surface area contributed by atoms with Crippen LogP contribution in [0.25, 0.3) is 11.3 Å². The standard InChI is InChI=1S/C17H13F2N3O.C3H8.C2H6/c18-13-7-12(8-14(19)9-13)16-4-5-17(23)22(21-16)10-11-2-1-3-15(20)6-11;1-3-2;1-2/h1-9H,10,20H2;3H2,1-2H3;1-2H3. The van der Waals surface area contributed by atoms with Gasteiger partial charge in [0.1, 0.15) is 11.6 Å². The summed E-state index contributed by atoms with van der Waals surface area (Å²) in [6.45, 7) is 8.47. The van der Waals surface area contributed by atoms with Crippen LogP contribution in [0.2, 0.25) is 0 Å². The highest BCUT2D eigenvalue weighted by Crippen LogP contribution is 2.18. The fraction of sp³-hybridized carbons (Fsp3) is 0.273. The molecule has 0 saturated carbocycles. The summed E-state index contributed by atoms with van der Waals surface area (Å²) in [7, 11) is 0. The van der Waals surface area contributed by atoms with Crippen molar-refractivity contribution in [3.63, 3.8) is 0 Å². The Morgan fingerprint density at radius 3 is 2.14 bits per heavy atom. The van der Waals surface area contributed by atoms with Gasteiger partial charge in [0.05, 0.1) is 12.2 Å². The molecule has 3 rings (SSSR count). The molecule has 4 nitrogen and oxygen atoms in total. The lowest BCUT2D eigenvalue weighted by Crippen LogP contribution is -2.22. The van der Waals surface area contributed by atoms with E-state index in [2.05, 4.69) is 18.9 Å². The van der Waals surface area contributed by atoms with Crippen molar-refractivity contribution >= 4 is 5.69 Å². The first-order valence-corrected chi connectivity index (χ1v) is 9.32. The molecular weight excluding hydrogens is 360 g/mol. The summed E-state index contributed by atoms with van der Waals surface area (Å²) in [4.78, 5) is 11.9. The zero-order chi connectivity index (χ0) is 21.1. The Balaban J connectivity index is 0.000000717. The Labute approximate surface area is 164 Å². The van der Waals surface area contributed by atoms with E-state index in [1.165, 1.54) is 35.4 Å². The van der Waals surface area contributed by atoms with E-state index in [-0.39, 0.29) is 17.7 Å². The second-order valence-electron chi connectivity index (χ2n) is 5.82. The maximum Gasteiger partial charge on any atom is 0.267 e. The first-order chi connectivity index (χ1) is 13.4. The number of hydrogen-bond acceptors (Lipinski definition) is 3. The van der Waals surface area contributed by atoms with Gasteiger partial charge in [-0.15, -0.1) is 0 Å². The average molecular weight is 387 g/mol. The van der Waals surface area contributed by atoms with Gasteiger partial charge in [-0.3, -0.25) is 4.79 Å². The van der Waals surface area contributed by atoms with Crippen LogP contribution in [-0.4, -0.2) is 9.78 Å². The third-order valence-corrected chi connectivity index (χ3v) is 3.31. The zero-order valence-corrected chi connectivity index (χ0v) is 16.7. The molecule has 2 aromatic carbocycles. The second-order valence-corrected chi connectivity index (χ2v) is 5.82. The number of anilines is 1. The van der Waals surface area contributed by atoms with Crippen LogP contribution in [0.5, 0.6) is 0 Å². The van der Waals surface area contributed by atoms with Crippen LogP contribution in [0.1, 0.15) is 39.7 Å². The van der Waals surface area contributed by atoms with Crippen molar-refractivity contribution in [3.8, 4) is 11.3 Å². The normalized spacial score (nSPS) is 9.64. The first kappa shape index (κ1) is 23.0. The van der Waals surface area contributed by atoms with E-state index < -0.39 is 11.6 Å². The maximum atomic E-state index is 13.3. The van der Waals surface area contributed by atoms with Gasteiger partial charge in [0.15, 0.2) is 0 Å². The molecule has 150 valence electrons.